The van der Waals surface area contributed by atoms with Crippen molar-refractivity contribution >= 4 is 19.8 Å². The molecule has 1 spiro atoms. The summed E-state index contributed by atoms with van der Waals surface area (Å²) in [5, 5.41) is 2.98. The van der Waals surface area contributed by atoms with E-state index in [-0.39, 0.29) is 63.2 Å². The Morgan fingerprint density at radius 2 is 1.44 bits per heavy atom. The van der Waals surface area contributed by atoms with Crippen molar-refractivity contribution in [3.8, 4) is 0 Å². The van der Waals surface area contributed by atoms with Crippen molar-refractivity contribution in [2.45, 2.75) is 121 Å². The number of nitrogens with zero attached hydrogens (tertiary/aromatic N) is 1. The minimum Gasteiger partial charge on any atom is -0.449 e. The zero-order valence-electron chi connectivity index (χ0n) is 31.5. The van der Waals surface area contributed by atoms with Crippen LogP contribution in [-0.2, 0) is 50.3 Å². The topological polar surface area (TPSA) is 113 Å². The molecular formula is C37H49F6N2O8P. The number of nitrogens with one attached hydrogen (secondary N) is 1. The maximum atomic E-state index is 14.1. The third kappa shape index (κ3) is 11.4. The standard InChI is InChI=1S/C37H49F6N2O8P/c1-25(26-20-28(36(38,39)40)22-29(21-26)37(41,42)43)50-24-35(27-12-9-8-10-13-27)17-16-34(15-14-30(46)44-34)23-45(35)31(47)49-18-11-19-51-54(48,52-32(2,3)4)53-33(5,6)7/h8-10,12-13,20-22,25H,11,14-19,23-24H2,1-7H3,(H,44,46)/t25-,34-,35-/m1/s1. The second kappa shape index (κ2) is 16.1. The van der Waals surface area contributed by atoms with Crippen LogP contribution in [0.25, 0.3) is 0 Å². The predicted molar refractivity (Wildman–Crippen MR) is 186 cm³/mol. The van der Waals surface area contributed by atoms with Crippen molar-refractivity contribution in [3.63, 3.8) is 0 Å². The number of carbonyl (C=O) groups is 2. The van der Waals surface area contributed by atoms with Crippen LogP contribution in [0, 0.1) is 0 Å². The number of rotatable bonds is 12. The first-order valence-corrected chi connectivity index (χ1v) is 19.1. The highest BCUT2D eigenvalue weighted by molar-refractivity contribution is 7.48. The molecular weight excluding hydrogens is 745 g/mol. The second-order valence-corrected chi connectivity index (χ2v) is 17.3. The molecule has 302 valence electrons. The van der Waals surface area contributed by atoms with Crippen molar-refractivity contribution < 1.29 is 63.5 Å². The Bertz CT molecular complexity index is 1630. The maximum Gasteiger partial charge on any atom is 0.475 e. The molecule has 0 aliphatic carbocycles. The summed E-state index contributed by atoms with van der Waals surface area (Å²) in [6.45, 7) is 10.8. The molecule has 2 aromatic rings. The number of alkyl halides is 6. The van der Waals surface area contributed by atoms with E-state index in [1.807, 2.05) is 0 Å². The zero-order valence-corrected chi connectivity index (χ0v) is 32.4. The average Bonchev–Trinajstić information content (AvgIpc) is 3.40. The number of amides is 2. The minimum absolute atomic E-state index is 0.0173. The quantitative estimate of drug-likeness (QED) is 0.128. The molecule has 17 heteroatoms. The van der Waals surface area contributed by atoms with E-state index >= 15 is 0 Å². The van der Waals surface area contributed by atoms with E-state index in [0.717, 1.165) is 0 Å². The van der Waals surface area contributed by atoms with Crippen LogP contribution in [0.3, 0.4) is 0 Å². The van der Waals surface area contributed by atoms with Gasteiger partial charge >= 0.3 is 26.3 Å². The van der Waals surface area contributed by atoms with Gasteiger partial charge in [-0.15, -0.1) is 0 Å². The van der Waals surface area contributed by atoms with Gasteiger partial charge in [0.15, 0.2) is 0 Å². The van der Waals surface area contributed by atoms with Gasteiger partial charge in [0.25, 0.3) is 0 Å². The van der Waals surface area contributed by atoms with Gasteiger partial charge in [0.2, 0.25) is 5.91 Å². The predicted octanol–water partition coefficient (Wildman–Crippen LogP) is 9.72. The van der Waals surface area contributed by atoms with Gasteiger partial charge in [0, 0.05) is 19.4 Å². The summed E-state index contributed by atoms with van der Waals surface area (Å²) in [7, 11) is -4.04. The van der Waals surface area contributed by atoms with Crippen molar-refractivity contribution in [1.82, 2.24) is 10.2 Å². The van der Waals surface area contributed by atoms with Crippen molar-refractivity contribution in [3.05, 3.63) is 70.8 Å². The summed E-state index contributed by atoms with van der Waals surface area (Å²) in [4.78, 5) is 27.9. The average molecular weight is 795 g/mol. The van der Waals surface area contributed by atoms with E-state index in [1.165, 1.54) is 11.8 Å². The molecule has 2 saturated heterocycles. The first-order valence-electron chi connectivity index (χ1n) is 17.6. The van der Waals surface area contributed by atoms with Crippen LogP contribution in [0.4, 0.5) is 31.1 Å². The number of carbonyl (C=O) groups excluding carboxylic acids is 2. The molecule has 54 heavy (non-hydrogen) atoms. The zero-order chi connectivity index (χ0) is 40.4. The first-order chi connectivity index (χ1) is 24.7. The van der Waals surface area contributed by atoms with Gasteiger partial charge in [-0.25, -0.2) is 9.36 Å². The van der Waals surface area contributed by atoms with Gasteiger partial charge in [-0.2, -0.15) is 26.3 Å². The van der Waals surface area contributed by atoms with Crippen LogP contribution in [0.15, 0.2) is 48.5 Å². The van der Waals surface area contributed by atoms with E-state index < -0.39 is 65.8 Å². The fourth-order valence-corrected chi connectivity index (χ4v) is 8.34. The number of hydrogen-bond donors (Lipinski definition) is 1. The van der Waals surface area contributed by atoms with Crippen molar-refractivity contribution in [2.75, 3.05) is 26.4 Å². The van der Waals surface area contributed by atoms with E-state index in [1.54, 1.807) is 71.9 Å². The van der Waals surface area contributed by atoms with E-state index in [0.29, 0.717) is 30.5 Å². The van der Waals surface area contributed by atoms with Gasteiger partial charge in [0.1, 0.15) is 0 Å². The first kappa shape index (κ1) is 43.6. The van der Waals surface area contributed by atoms with Crippen LogP contribution in [-0.4, -0.2) is 60.0 Å². The third-order valence-corrected chi connectivity index (χ3v) is 11.0. The highest BCUT2D eigenvalue weighted by Gasteiger charge is 2.54. The summed E-state index contributed by atoms with van der Waals surface area (Å²) in [6, 6.07) is 9.96. The van der Waals surface area contributed by atoms with Crippen LogP contribution >= 0.6 is 7.82 Å². The van der Waals surface area contributed by atoms with Crippen LogP contribution in [0.1, 0.15) is 109 Å². The van der Waals surface area contributed by atoms with Gasteiger partial charge in [-0.3, -0.25) is 23.3 Å². The second-order valence-electron chi connectivity index (χ2n) is 15.8. The van der Waals surface area contributed by atoms with E-state index in [4.69, 9.17) is 23.0 Å². The number of ether oxygens (including phenoxy) is 2. The van der Waals surface area contributed by atoms with Crippen LogP contribution < -0.4 is 5.32 Å². The molecule has 3 atom stereocenters. The number of likely N-dealkylation sites (tertiary alicyclic amines) is 1. The molecule has 0 saturated carbocycles. The molecule has 0 bridgehead atoms. The molecule has 2 fully saturated rings. The highest BCUT2D eigenvalue weighted by atomic mass is 31.2. The molecule has 2 aliphatic heterocycles. The number of phosphoric acid groups is 1. The smallest absolute Gasteiger partial charge is 0.449 e. The fraction of sp³-hybridized carbons (Fsp3) is 0.622. The van der Waals surface area contributed by atoms with Crippen molar-refractivity contribution in [1.29, 1.82) is 0 Å². The summed E-state index contributed by atoms with van der Waals surface area (Å²) in [5.41, 5.74) is -6.57. The third-order valence-electron chi connectivity index (χ3n) is 8.95. The van der Waals surface area contributed by atoms with Gasteiger partial charge in [-0.05, 0) is 97.1 Å². The molecule has 4 rings (SSSR count). The van der Waals surface area contributed by atoms with E-state index in [9.17, 15) is 40.5 Å². The van der Waals surface area contributed by atoms with Gasteiger partial charge < -0.3 is 14.8 Å². The molecule has 0 unspecified atom stereocenters. The molecule has 2 aromatic carbocycles. The van der Waals surface area contributed by atoms with Crippen LogP contribution in [0.5, 0.6) is 0 Å². The Labute approximate surface area is 311 Å². The highest BCUT2D eigenvalue weighted by Crippen LogP contribution is 2.55. The summed E-state index contributed by atoms with van der Waals surface area (Å²) in [5.74, 6) is -0.193. The molecule has 10 nitrogen and oxygen atoms in total. The lowest BCUT2D eigenvalue weighted by Crippen LogP contribution is -2.65. The molecule has 2 heterocycles. The summed E-state index contributed by atoms with van der Waals surface area (Å²) >= 11 is 0. The Balaban J connectivity index is 1.60. The lowest BCUT2D eigenvalue weighted by molar-refractivity contribution is -0.143. The Morgan fingerprint density at radius 3 is 1.94 bits per heavy atom. The molecule has 2 aliphatic rings. The van der Waals surface area contributed by atoms with Gasteiger partial charge in [0.05, 0.1) is 59.3 Å². The Kier molecular flexibility index (Phi) is 13.0. The number of piperidine rings is 1. The number of hydrogen-bond acceptors (Lipinski definition) is 8. The largest absolute Gasteiger partial charge is 0.475 e. The fourth-order valence-electron chi connectivity index (χ4n) is 6.50. The lowest BCUT2D eigenvalue weighted by Gasteiger charge is -2.52. The number of benzene rings is 2. The lowest BCUT2D eigenvalue weighted by atomic mass is 9.74. The van der Waals surface area contributed by atoms with Gasteiger partial charge in [-0.1, -0.05) is 30.3 Å². The summed E-state index contributed by atoms with van der Waals surface area (Å²) in [6.07, 6.45) is -10.9. The van der Waals surface area contributed by atoms with Crippen molar-refractivity contribution in [2.24, 2.45) is 0 Å². The number of phosphoric ester groups is 1. The normalized spacial score (nSPS) is 22.0. The number of halogens is 6. The van der Waals surface area contributed by atoms with E-state index in [2.05, 4.69) is 5.32 Å². The maximum absolute atomic E-state index is 14.1. The molecule has 1 N–H and O–H groups in total. The Morgan fingerprint density at radius 1 is 0.870 bits per heavy atom. The molecule has 0 radical (unpaired) electrons. The molecule has 0 aromatic heterocycles. The Hall–Kier alpha value is -3.17. The SMILES string of the molecule is C[C@@H](OC[C@@]1(c2ccccc2)CC[C@]2(CCC(=O)N2)CN1C(=O)OCCCOP(=O)(OC(C)(C)C)OC(C)(C)C)c1cc(C(F)(F)F)cc(C(F)(F)F)c1. The minimum atomic E-state index is -5.05. The summed E-state index contributed by atoms with van der Waals surface area (Å²) < 4.78 is 124. The van der Waals surface area contributed by atoms with Crippen LogP contribution in [0.2, 0.25) is 0 Å². The molecule has 2 amide bonds. The monoisotopic (exact) mass is 794 g/mol.